The van der Waals surface area contributed by atoms with Crippen LogP contribution in [0.3, 0.4) is 0 Å². The van der Waals surface area contributed by atoms with Gasteiger partial charge in [-0.15, -0.1) is 11.3 Å². The summed E-state index contributed by atoms with van der Waals surface area (Å²) >= 11 is 1.30. The van der Waals surface area contributed by atoms with Crippen LogP contribution in [0.2, 0.25) is 0 Å². The third-order valence-corrected chi connectivity index (χ3v) is 6.22. The smallest absolute Gasteiger partial charge is 0.250 e. The first kappa shape index (κ1) is 15.0. The monoisotopic (exact) mass is 302 g/mol. The van der Waals surface area contributed by atoms with E-state index in [0.717, 1.165) is 24.9 Å². The van der Waals surface area contributed by atoms with Crippen molar-refractivity contribution in [1.29, 1.82) is 0 Å². The van der Waals surface area contributed by atoms with Gasteiger partial charge < -0.3 is 5.32 Å². The lowest BCUT2D eigenvalue weighted by Crippen LogP contribution is -2.31. The van der Waals surface area contributed by atoms with E-state index in [-0.39, 0.29) is 6.04 Å². The number of sulfonamides is 1. The summed E-state index contributed by atoms with van der Waals surface area (Å²) < 4.78 is 27.5. The molecule has 1 aliphatic carbocycles. The molecule has 1 heterocycles. The highest BCUT2D eigenvalue weighted by Gasteiger charge is 2.22. The lowest BCUT2D eigenvalue weighted by atomic mass is 10.2. The standard InChI is InChI=1S/C13H22N2O2S2/c1-3-4-10(2)15-19(16,17)13-7-11(9-18-13)8-14-12-5-6-12/h7,9-10,12,14-15H,3-6,8H2,1-2H3. The van der Waals surface area contributed by atoms with Crippen molar-refractivity contribution in [3.63, 3.8) is 0 Å². The second-order valence-electron chi connectivity index (χ2n) is 5.24. The van der Waals surface area contributed by atoms with Crippen LogP contribution >= 0.6 is 11.3 Å². The molecule has 19 heavy (non-hydrogen) atoms. The Morgan fingerprint density at radius 1 is 1.47 bits per heavy atom. The van der Waals surface area contributed by atoms with Gasteiger partial charge in [0.1, 0.15) is 4.21 Å². The van der Waals surface area contributed by atoms with Crippen molar-refractivity contribution in [1.82, 2.24) is 10.0 Å². The third-order valence-electron chi connectivity index (χ3n) is 3.14. The molecule has 0 spiro atoms. The van der Waals surface area contributed by atoms with Crippen LogP contribution in [-0.4, -0.2) is 20.5 Å². The number of nitrogens with one attached hydrogen (secondary N) is 2. The van der Waals surface area contributed by atoms with Crippen LogP contribution in [0.25, 0.3) is 0 Å². The van der Waals surface area contributed by atoms with Crippen molar-refractivity contribution in [3.8, 4) is 0 Å². The lowest BCUT2D eigenvalue weighted by molar-refractivity contribution is 0.545. The van der Waals surface area contributed by atoms with Gasteiger partial charge in [0.15, 0.2) is 0 Å². The van der Waals surface area contributed by atoms with Crippen LogP contribution in [0.1, 0.15) is 45.1 Å². The van der Waals surface area contributed by atoms with Crippen molar-refractivity contribution < 1.29 is 8.42 Å². The molecule has 4 nitrogen and oxygen atoms in total. The number of rotatable bonds is 8. The summed E-state index contributed by atoms with van der Waals surface area (Å²) in [6.45, 7) is 4.73. The third kappa shape index (κ3) is 4.56. The second kappa shape index (κ2) is 6.35. The minimum Gasteiger partial charge on any atom is -0.310 e. The predicted molar refractivity (Wildman–Crippen MR) is 78.9 cm³/mol. The molecule has 1 fully saturated rings. The van der Waals surface area contributed by atoms with Gasteiger partial charge in [-0.3, -0.25) is 0 Å². The van der Waals surface area contributed by atoms with E-state index in [1.165, 1.54) is 24.2 Å². The Bertz CT molecular complexity index is 506. The predicted octanol–water partition coefficient (Wildman–Crippen LogP) is 2.47. The fourth-order valence-electron chi connectivity index (χ4n) is 1.95. The highest BCUT2D eigenvalue weighted by atomic mass is 32.2. The van der Waals surface area contributed by atoms with Crippen LogP contribution in [0.4, 0.5) is 0 Å². The molecule has 1 aliphatic rings. The van der Waals surface area contributed by atoms with Crippen molar-refractivity contribution in [2.45, 2.75) is 62.4 Å². The summed E-state index contributed by atoms with van der Waals surface area (Å²) in [4.78, 5) is 0. The zero-order valence-electron chi connectivity index (χ0n) is 11.5. The van der Waals surface area contributed by atoms with E-state index in [2.05, 4.69) is 17.0 Å². The Balaban J connectivity index is 1.95. The lowest BCUT2D eigenvalue weighted by Gasteiger charge is -2.11. The summed E-state index contributed by atoms with van der Waals surface area (Å²) in [5, 5.41) is 5.32. The van der Waals surface area contributed by atoms with E-state index in [4.69, 9.17) is 0 Å². The van der Waals surface area contributed by atoms with Gasteiger partial charge in [-0.25, -0.2) is 13.1 Å². The Morgan fingerprint density at radius 3 is 2.84 bits per heavy atom. The van der Waals surface area contributed by atoms with E-state index in [9.17, 15) is 8.42 Å². The van der Waals surface area contributed by atoms with Gasteiger partial charge in [-0.1, -0.05) is 13.3 Å². The van der Waals surface area contributed by atoms with E-state index >= 15 is 0 Å². The summed E-state index contributed by atoms with van der Waals surface area (Å²) in [5.74, 6) is 0. The van der Waals surface area contributed by atoms with E-state index < -0.39 is 10.0 Å². The highest BCUT2D eigenvalue weighted by Crippen LogP contribution is 2.23. The van der Waals surface area contributed by atoms with Crippen molar-refractivity contribution in [2.24, 2.45) is 0 Å². The molecule has 6 heteroatoms. The second-order valence-corrected chi connectivity index (χ2v) is 8.09. The molecule has 0 aliphatic heterocycles. The van der Waals surface area contributed by atoms with Crippen molar-refractivity contribution >= 4 is 21.4 Å². The van der Waals surface area contributed by atoms with Gasteiger partial charge in [0, 0.05) is 18.6 Å². The minimum absolute atomic E-state index is 0.00913. The number of thiophene rings is 1. The molecule has 2 N–H and O–H groups in total. The summed E-state index contributed by atoms with van der Waals surface area (Å²) in [7, 11) is -3.34. The first-order chi connectivity index (χ1) is 9.01. The summed E-state index contributed by atoms with van der Waals surface area (Å²) in [6, 6.07) is 2.41. The first-order valence-corrected chi connectivity index (χ1v) is 9.20. The zero-order chi connectivity index (χ0) is 13.9. The first-order valence-electron chi connectivity index (χ1n) is 6.84. The Kier molecular flexibility index (Phi) is 5.00. The van der Waals surface area contributed by atoms with Crippen LogP contribution < -0.4 is 10.0 Å². The number of hydrogen-bond donors (Lipinski definition) is 2. The quantitative estimate of drug-likeness (QED) is 0.775. The molecule has 1 aromatic heterocycles. The van der Waals surface area contributed by atoms with Crippen LogP contribution in [0.15, 0.2) is 15.7 Å². The van der Waals surface area contributed by atoms with Gasteiger partial charge >= 0.3 is 0 Å². The topological polar surface area (TPSA) is 58.2 Å². The molecule has 1 saturated carbocycles. The molecular weight excluding hydrogens is 280 g/mol. The highest BCUT2D eigenvalue weighted by molar-refractivity contribution is 7.91. The average molecular weight is 302 g/mol. The molecule has 1 unspecified atom stereocenters. The van der Waals surface area contributed by atoms with Crippen molar-refractivity contribution in [3.05, 3.63) is 17.0 Å². The maximum Gasteiger partial charge on any atom is 0.250 e. The van der Waals surface area contributed by atoms with Crippen LogP contribution in [0.5, 0.6) is 0 Å². The molecule has 0 bridgehead atoms. The zero-order valence-corrected chi connectivity index (χ0v) is 13.1. The largest absolute Gasteiger partial charge is 0.310 e. The summed E-state index contributed by atoms with van der Waals surface area (Å²) in [5.41, 5.74) is 1.06. The molecule has 108 valence electrons. The van der Waals surface area contributed by atoms with E-state index in [1.54, 1.807) is 6.07 Å². The molecule has 1 aromatic rings. The van der Waals surface area contributed by atoms with Crippen molar-refractivity contribution in [2.75, 3.05) is 0 Å². The minimum atomic E-state index is -3.34. The molecule has 0 saturated heterocycles. The van der Waals surface area contributed by atoms with Gasteiger partial charge in [-0.2, -0.15) is 0 Å². The Hall–Kier alpha value is -0.430. The van der Waals surface area contributed by atoms with Gasteiger partial charge in [0.25, 0.3) is 0 Å². The normalized spacial score (nSPS) is 17.6. The molecule has 0 radical (unpaired) electrons. The fraction of sp³-hybridized carbons (Fsp3) is 0.692. The van der Waals surface area contributed by atoms with Crippen LogP contribution in [0, 0.1) is 0 Å². The Labute approximate surface area is 119 Å². The van der Waals surface area contributed by atoms with E-state index in [1.807, 2.05) is 12.3 Å². The fourth-order valence-corrected chi connectivity index (χ4v) is 4.46. The summed E-state index contributed by atoms with van der Waals surface area (Å²) in [6.07, 6.45) is 4.32. The van der Waals surface area contributed by atoms with E-state index in [0.29, 0.717) is 10.3 Å². The maximum atomic E-state index is 12.2. The molecule has 0 aromatic carbocycles. The van der Waals surface area contributed by atoms with Crippen LogP contribution in [-0.2, 0) is 16.6 Å². The molecule has 2 rings (SSSR count). The molecular formula is C13H22N2O2S2. The van der Waals surface area contributed by atoms with Gasteiger partial charge in [0.05, 0.1) is 0 Å². The molecule has 0 amide bonds. The maximum absolute atomic E-state index is 12.2. The number of hydrogen-bond acceptors (Lipinski definition) is 4. The van der Waals surface area contributed by atoms with Gasteiger partial charge in [0.2, 0.25) is 10.0 Å². The Morgan fingerprint density at radius 2 is 2.21 bits per heavy atom. The SMILES string of the molecule is CCCC(C)NS(=O)(=O)c1cc(CNC2CC2)cs1. The molecule has 1 atom stereocenters. The average Bonchev–Trinajstić information content (AvgIpc) is 3.02. The van der Waals surface area contributed by atoms with Gasteiger partial charge in [-0.05, 0) is 43.2 Å².